The number of hydrogen-bond acceptors (Lipinski definition) is 8. The predicted octanol–water partition coefficient (Wildman–Crippen LogP) is 4.33. The smallest absolute Gasteiger partial charge is 0.255 e. The van der Waals surface area contributed by atoms with E-state index in [-0.39, 0.29) is 22.6 Å². The quantitative estimate of drug-likeness (QED) is 0.264. The zero-order valence-corrected chi connectivity index (χ0v) is 26.3. The number of nitrogens with one attached hydrogen (secondary N) is 1. The molecule has 0 aromatic heterocycles. The van der Waals surface area contributed by atoms with Gasteiger partial charge in [-0.1, -0.05) is 77.9 Å². The second-order valence-corrected chi connectivity index (χ2v) is 10.7. The van der Waals surface area contributed by atoms with E-state index >= 15 is 0 Å². The lowest BCUT2D eigenvalue weighted by Crippen LogP contribution is -2.23. The molecule has 0 fully saturated rings. The summed E-state index contributed by atoms with van der Waals surface area (Å²) in [5.41, 5.74) is 3.14. The number of benzene rings is 6. The third kappa shape index (κ3) is 9.04. The number of aromatic carboxylic acids is 3. The van der Waals surface area contributed by atoms with Gasteiger partial charge in [0.25, 0.3) is 5.91 Å². The zero-order valence-electron chi connectivity index (χ0n) is 26.3. The second-order valence-electron chi connectivity index (χ2n) is 10.7. The molecule has 0 saturated heterocycles. The summed E-state index contributed by atoms with van der Waals surface area (Å²) < 4.78 is 4.84. The van der Waals surface area contributed by atoms with Crippen LogP contribution in [0.15, 0.2) is 121 Å². The Labute approximate surface area is 276 Å². The van der Waals surface area contributed by atoms with Crippen molar-refractivity contribution in [2.75, 3.05) is 12.4 Å². The molecule has 6 rings (SSSR count). The molecule has 0 radical (unpaired) electrons. The number of rotatable bonds is 6. The fourth-order valence-corrected chi connectivity index (χ4v) is 4.76. The lowest BCUT2D eigenvalue weighted by atomic mass is 10.0. The number of carbonyl (C=O) groups is 4. The van der Waals surface area contributed by atoms with Crippen molar-refractivity contribution in [3.05, 3.63) is 155 Å². The first-order valence-electron chi connectivity index (χ1n) is 14.6. The molecule has 242 valence electrons. The molecule has 0 bridgehead atoms. The summed E-state index contributed by atoms with van der Waals surface area (Å²) in [6.45, 7) is 3.71. The van der Waals surface area contributed by atoms with Crippen LogP contribution in [-0.4, -0.2) is 30.9 Å². The molecule has 0 aliphatic carbocycles. The molecule has 1 amide bonds. The van der Waals surface area contributed by atoms with Crippen LogP contribution in [0.1, 0.15) is 52.6 Å². The van der Waals surface area contributed by atoms with Crippen molar-refractivity contribution in [1.82, 2.24) is 0 Å². The summed E-state index contributed by atoms with van der Waals surface area (Å²) in [7, 11) is 1.43. The van der Waals surface area contributed by atoms with E-state index in [2.05, 4.69) is 11.4 Å². The number of methoxy groups -OCH3 is 1. The Bertz CT molecular complexity index is 2140. The van der Waals surface area contributed by atoms with Crippen molar-refractivity contribution < 1.29 is 39.2 Å². The van der Waals surface area contributed by atoms with Crippen molar-refractivity contribution in [3.8, 4) is 5.75 Å². The maximum atomic E-state index is 12.0. The highest BCUT2D eigenvalue weighted by atomic mass is 16.5. The van der Waals surface area contributed by atoms with Crippen molar-refractivity contribution in [2.45, 2.75) is 13.8 Å². The number of carboxylic acid groups (broad SMARTS) is 3. The van der Waals surface area contributed by atoms with Gasteiger partial charge in [-0.15, -0.1) is 0 Å². The molecule has 0 saturated carbocycles. The minimum absolute atomic E-state index is 0.0297. The molecule has 0 atom stereocenters. The average Bonchev–Trinajstić information content (AvgIpc) is 3.07. The van der Waals surface area contributed by atoms with Gasteiger partial charge in [0.15, 0.2) is 0 Å². The van der Waals surface area contributed by atoms with Gasteiger partial charge >= 0.3 is 0 Å². The molecular formula is C39H30NO8-3. The molecule has 48 heavy (non-hydrogen) atoms. The standard InChI is InChI=1S/C15H13NO3.C15H10O2.C9H10O3/c1-10-4-2-5-11(8-10)14(17)16-13-7-3-6-12(9-13)15(18)19;16-15(17)13-6-5-12-7-10-3-1-2-4-11(10)8-14(12)9-13;1-6-3-4-8(12-2)7(5-6)9(10)11/h2-9H,1H3,(H,16,17)(H,18,19);1-9H,(H,16,17);3-5H,1-2H3,(H,10,11)/p-3. The third-order valence-electron chi connectivity index (χ3n) is 7.15. The van der Waals surface area contributed by atoms with Crippen LogP contribution in [-0.2, 0) is 0 Å². The number of carbonyl (C=O) groups excluding carboxylic acids is 4. The van der Waals surface area contributed by atoms with E-state index in [1.807, 2.05) is 56.3 Å². The van der Waals surface area contributed by atoms with Crippen LogP contribution in [0.2, 0.25) is 0 Å². The fraction of sp³-hybridized carbons (Fsp3) is 0.0769. The van der Waals surface area contributed by atoms with E-state index in [1.54, 1.807) is 54.6 Å². The number of carboxylic acids is 3. The van der Waals surface area contributed by atoms with Gasteiger partial charge in [0.05, 0.1) is 25.0 Å². The van der Waals surface area contributed by atoms with Crippen LogP contribution < -0.4 is 25.4 Å². The Morgan fingerprint density at radius 3 is 1.73 bits per heavy atom. The largest absolute Gasteiger partial charge is 0.545 e. The van der Waals surface area contributed by atoms with Crippen LogP contribution in [0.25, 0.3) is 21.5 Å². The van der Waals surface area contributed by atoms with Crippen molar-refractivity contribution in [3.63, 3.8) is 0 Å². The van der Waals surface area contributed by atoms with Gasteiger partial charge in [-0.2, -0.15) is 0 Å². The first-order chi connectivity index (χ1) is 22.9. The monoisotopic (exact) mass is 640 g/mol. The van der Waals surface area contributed by atoms with Crippen LogP contribution in [0, 0.1) is 13.8 Å². The molecule has 9 heteroatoms. The SMILES string of the molecule is COc1ccc(C)cc1C(=O)[O-].Cc1cccc(C(=O)Nc2cccc(C(=O)[O-])c2)c1.O=C([O-])c1ccc2cc3ccccc3cc2c1. The summed E-state index contributed by atoms with van der Waals surface area (Å²) in [4.78, 5) is 44.0. The Morgan fingerprint density at radius 2 is 1.10 bits per heavy atom. The van der Waals surface area contributed by atoms with Gasteiger partial charge in [0, 0.05) is 16.8 Å². The van der Waals surface area contributed by atoms with Crippen LogP contribution in [0.3, 0.4) is 0 Å². The van der Waals surface area contributed by atoms with Gasteiger partial charge in [-0.3, -0.25) is 4.79 Å². The number of amides is 1. The van der Waals surface area contributed by atoms with Gasteiger partial charge < -0.3 is 39.8 Å². The molecule has 1 N–H and O–H groups in total. The highest BCUT2D eigenvalue weighted by Gasteiger charge is 2.07. The van der Waals surface area contributed by atoms with Crippen molar-refractivity contribution in [2.24, 2.45) is 0 Å². The molecule has 0 aliphatic heterocycles. The van der Waals surface area contributed by atoms with Crippen molar-refractivity contribution >= 4 is 51.0 Å². The molecule has 6 aromatic rings. The van der Waals surface area contributed by atoms with E-state index in [1.165, 1.54) is 25.3 Å². The predicted molar refractivity (Wildman–Crippen MR) is 178 cm³/mol. The molecule has 0 heterocycles. The first kappa shape index (κ1) is 34.4. The number of fused-ring (bicyclic) bond motifs is 2. The van der Waals surface area contributed by atoms with Gasteiger partial charge in [-0.25, -0.2) is 0 Å². The summed E-state index contributed by atoms with van der Waals surface area (Å²) in [5, 5.41) is 38.9. The highest BCUT2D eigenvalue weighted by Crippen LogP contribution is 2.23. The second kappa shape index (κ2) is 15.7. The number of aryl methyl sites for hydroxylation is 2. The van der Waals surface area contributed by atoms with Gasteiger partial charge in [-0.05, 0) is 101 Å². The van der Waals surface area contributed by atoms with Crippen LogP contribution >= 0.6 is 0 Å². The molecule has 9 nitrogen and oxygen atoms in total. The van der Waals surface area contributed by atoms with Gasteiger partial charge in [0.2, 0.25) is 0 Å². The van der Waals surface area contributed by atoms with E-state index in [0.717, 1.165) is 32.7 Å². The van der Waals surface area contributed by atoms with Gasteiger partial charge in [0.1, 0.15) is 5.75 Å². The summed E-state index contributed by atoms with van der Waals surface area (Å²) in [6, 6.07) is 35.1. The molecule has 0 spiro atoms. The minimum Gasteiger partial charge on any atom is -0.545 e. The number of anilines is 1. The number of hydrogen-bond donors (Lipinski definition) is 1. The Morgan fingerprint density at radius 1 is 0.521 bits per heavy atom. The third-order valence-corrected chi connectivity index (χ3v) is 7.15. The van der Waals surface area contributed by atoms with Crippen molar-refractivity contribution in [1.29, 1.82) is 0 Å². The first-order valence-corrected chi connectivity index (χ1v) is 14.6. The molecule has 6 aromatic carbocycles. The molecule has 0 unspecified atom stereocenters. The summed E-state index contributed by atoms with van der Waals surface area (Å²) in [6.07, 6.45) is 0. The topological polar surface area (TPSA) is 159 Å². The average molecular weight is 641 g/mol. The van der Waals surface area contributed by atoms with E-state index in [9.17, 15) is 34.5 Å². The minimum atomic E-state index is -1.27. The lowest BCUT2D eigenvalue weighted by molar-refractivity contribution is -0.256. The highest BCUT2D eigenvalue weighted by molar-refractivity contribution is 6.05. The fourth-order valence-electron chi connectivity index (χ4n) is 4.76. The lowest BCUT2D eigenvalue weighted by Gasteiger charge is -2.09. The van der Waals surface area contributed by atoms with Crippen LogP contribution in [0.4, 0.5) is 5.69 Å². The molecular weight excluding hydrogens is 610 g/mol. The van der Waals surface area contributed by atoms with E-state index in [4.69, 9.17) is 4.74 Å². The number of ether oxygens (including phenoxy) is 1. The summed E-state index contributed by atoms with van der Waals surface area (Å²) in [5.74, 6) is -3.57. The maximum absolute atomic E-state index is 12.0. The van der Waals surface area contributed by atoms with E-state index < -0.39 is 17.9 Å². The van der Waals surface area contributed by atoms with Crippen LogP contribution in [0.5, 0.6) is 5.75 Å². The Kier molecular flexibility index (Phi) is 11.2. The Balaban J connectivity index is 0.000000167. The molecule has 0 aliphatic rings. The van der Waals surface area contributed by atoms with E-state index in [0.29, 0.717) is 17.0 Å². The maximum Gasteiger partial charge on any atom is 0.255 e. The zero-order chi connectivity index (χ0) is 34.8. The Hall–Kier alpha value is -6.48. The normalized spacial score (nSPS) is 10.1. The summed E-state index contributed by atoms with van der Waals surface area (Å²) >= 11 is 0.